The van der Waals surface area contributed by atoms with Crippen molar-refractivity contribution in [1.29, 1.82) is 0 Å². The zero-order valence-electron chi connectivity index (χ0n) is 13.4. The monoisotopic (exact) mass is 359 g/mol. The second-order valence-corrected chi connectivity index (χ2v) is 5.23. The Morgan fingerprint density at radius 3 is 2.54 bits per heavy atom. The van der Waals surface area contributed by atoms with Crippen molar-refractivity contribution in [2.24, 2.45) is 0 Å². The number of rotatable bonds is 4. The Hall–Kier alpha value is -3.62. The van der Waals surface area contributed by atoms with Crippen molar-refractivity contribution < 1.29 is 28.2 Å². The van der Waals surface area contributed by atoms with Gasteiger partial charge in [0.25, 0.3) is 17.7 Å². The summed E-state index contributed by atoms with van der Waals surface area (Å²) in [5, 5.41) is 2.39. The molecule has 26 heavy (non-hydrogen) atoms. The molecule has 0 bridgehead atoms. The van der Waals surface area contributed by atoms with Gasteiger partial charge in [0.05, 0.1) is 12.1 Å². The van der Waals surface area contributed by atoms with Crippen molar-refractivity contribution in [2.45, 2.75) is 0 Å². The minimum atomic E-state index is -0.807. The number of nitrogens with one attached hydrogen (secondary N) is 3. The lowest BCUT2D eigenvalue weighted by Crippen LogP contribution is -2.46. The number of carbonyl (C=O) groups is 3. The fourth-order valence-electron chi connectivity index (χ4n) is 2.18. The molecule has 0 fully saturated rings. The zero-order valence-corrected chi connectivity index (χ0v) is 13.4. The van der Waals surface area contributed by atoms with E-state index in [-0.39, 0.29) is 24.5 Å². The Morgan fingerprint density at radius 1 is 0.962 bits per heavy atom. The number of hydrogen-bond acceptors (Lipinski definition) is 5. The van der Waals surface area contributed by atoms with Gasteiger partial charge in [-0.15, -0.1) is 0 Å². The van der Waals surface area contributed by atoms with E-state index in [9.17, 15) is 18.8 Å². The van der Waals surface area contributed by atoms with Gasteiger partial charge in [-0.3, -0.25) is 25.2 Å². The molecule has 0 unspecified atom stereocenters. The Labute approximate surface area is 147 Å². The molecule has 0 aliphatic carbocycles. The SMILES string of the molecule is O=C(CNC(=O)c1ccc2c(c1)OCO2)NNC(=O)c1ccccc1F. The quantitative estimate of drug-likeness (QED) is 0.699. The number of carbonyl (C=O) groups excluding carboxylic acids is 3. The van der Waals surface area contributed by atoms with Crippen LogP contribution in [0.2, 0.25) is 0 Å². The standard InChI is InChI=1S/C17H14FN3O5/c18-12-4-2-1-3-11(12)17(24)21-20-15(22)8-19-16(23)10-5-6-13-14(7-10)26-9-25-13/h1-7H,8-9H2,(H,19,23)(H,20,22)(H,21,24). The van der Waals surface area contributed by atoms with Gasteiger partial charge in [0.15, 0.2) is 11.5 Å². The Bertz CT molecular complexity index is 871. The van der Waals surface area contributed by atoms with Crippen LogP contribution in [0.1, 0.15) is 20.7 Å². The van der Waals surface area contributed by atoms with E-state index in [1.807, 2.05) is 0 Å². The van der Waals surface area contributed by atoms with Gasteiger partial charge in [-0.25, -0.2) is 4.39 Å². The fraction of sp³-hybridized carbons (Fsp3) is 0.118. The average Bonchev–Trinajstić information content (AvgIpc) is 3.12. The summed E-state index contributed by atoms with van der Waals surface area (Å²) in [5.41, 5.74) is 4.24. The van der Waals surface area contributed by atoms with E-state index in [1.54, 1.807) is 6.07 Å². The van der Waals surface area contributed by atoms with Crippen LogP contribution in [0.3, 0.4) is 0 Å². The molecule has 3 N–H and O–H groups in total. The third-order valence-electron chi connectivity index (χ3n) is 3.48. The second kappa shape index (κ2) is 7.51. The van der Waals surface area contributed by atoms with Gasteiger partial charge in [0.2, 0.25) is 6.79 Å². The predicted octanol–water partition coefficient (Wildman–Crippen LogP) is 0.745. The van der Waals surface area contributed by atoms with Crippen LogP contribution in [0, 0.1) is 5.82 Å². The minimum absolute atomic E-state index is 0.0878. The van der Waals surface area contributed by atoms with Crippen molar-refractivity contribution >= 4 is 17.7 Å². The van der Waals surface area contributed by atoms with Crippen LogP contribution in [0.25, 0.3) is 0 Å². The molecule has 1 heterocycles. The van der Waals surface area contributed by atoms with E-state index in [0.717, 1.165) is 6.07 Å². The van der Waals surface area contributed by atoms with Crippen LogP contribution in [-0.4, -0.2) is 31.1 Å². The molecule has 8 nitrogen and oxygen atoms in total. The maximum Gasteiger partial charge on any atom is 0.272 e. The number of ether oxygens (including phenoxy) is 2. The first kappa shape index (κ1) is 17.2. The first-order valence-electron chi connectivity index (χ1n) is 7.56. The van der Waals surface area contributed by atoms with Gasteiger partial charge in [0.1, 0.15) is 5.82 Å². The number of hydrogen-bond donors (Lipinski definition) is 3. The molecule has 0 aromatic heterocycles. The number of benzene rings is 2. The summed E-state index contributed by atoms with van der Waals surface area (Å²) in [6.07, 6.45) is 0. The van der Waals surface area contributed by atoms with Crippen LogP contribution in [0.15, 0.2) is 42.5 Å². The summed E-state index contributed by atoms with van der Waals surface area (Å²) in [6, 6.07) is 9.95. The molecule has 9 heteroatoms. The highest BCUT2D eigenvalue weighted by molar-refractivity contribution is 5.98. The highest BCUT2D eigenvalue weighted by atomic mass is 19.1. The topological polar surface area (TPSA) is 106 Å². The lowest BCUT2D eigenvalue weighted by Gasteiger charge is -2.09. The van der Waals surface area contributed by atoms with Gasteiger partial charge in [0, 0.05) is 5.56 Å². The van der Waals surface area contributed by atoms with E-state index >= 15 is 0 Å². The van der Waals surface area contributed by atoms with E-state index in [2.05, 4.69) is 16.2 Å². The van der Waals surface area contributed by atoms with E-state index in [4.69, 9.17) is 9.47 Å². The van der Waals surface area contributed by atoms with Crippen molar-refractivity contribution in [3.8, 4) is 11.5 Å². The lowest BCUT2D eigenvalue weighted by atomic mass is 10.2. The van der Waals surface area contributed by atoms with Crippen LogP contribution < -0.4 is 25.6 Å². The van der Waals surface area contributed by atoms with Crippen molar-refractivity contribution in [3.05, 3.63) is 59.4 Å². The second-order valence-electron chi connectivity index (χ2n) is 5.23. The van der Waals surface area contributed by atoms with Crippen LogP contribution in [0.4, 0.5) is 4.39 Å². The largest absolute Gasteiger partial charge is 0.454 e. The van der Waals surface area contributed by atoms with E-state index in [0.29, 0.717) is 11.5 Å². The van der Waals surface area contributed by atoms with Crippen LogP contribution in [0.5, 0.6) is 11.5 Å². The van der Waals surface area contributed by atoms with Crippen LogP contribution in [-0.2, 0) is 4.79 Å². The molecule has 0 saturated carbocycles. The number of amides is 3. The maximum absolute atomic E-state index is 13.5. The summed E-state index contributed by atoms with van der Waals surface area (Å²) in [7, 11) is 0. The first-order valence-corrected chi connectivity index (χ1v) is 7.56. The molecular weight excluding hydrogens is 345 g/mol. The highest BCUT2D eigenvalue weighted by Crippen LogP contribution is 2.32. The lowest BCUT2D eigenvalue weighted by molar-refractivity contribution is -0.120. The van der Waals surface area contributed by atoms with E-state index < -0.39 is 23.5 Å². The molecule has 2 aromatic rings. The van der Waals surface area contributed by atoms with E-state index in [1.165, 1.54) is 30.3 Å². The number of fused-ring (bicyclic) bond motifs is 1. The molecule has 3 rings (SSSR count). The molecule has 1 aliphatic rings. The molecule has 1 aliphatic heterocycles. The third kappa shape index (κ3) is 3.89. The van der Waals surface area contributed by atoms with Gasteiger partial charge >= 0.3 is 0 Å². The number of hydrazine groups is 1. The minimum Gasteiger partial charge on any atom is -0.454 e. The van der Waals surface area contributed by atoms with Crippen molar-refractivity contribution in [3.63, 3.8) is 0 Å². The normalized spacial score (nSPS) is 11.6. The summed E-state index contributed by atoms with van der Waals surface area (Å²) in [6.45, 7) is -0.296. The molecule has 0 atom stereocenters. The molecule has 0 saturated heterocycles. The average molecular weight is 359 g/mol. The molecule has 0 radical (unpaired) electrons. The van der Waals surface area contributed by atoms with Gasteiger partial charge in [-0.2, -0.15) is 0 Å². The van der Waals surface area contributed by atoms with Gasteiger partial charge in [-0.05, 0) is 30.3 Å². The Kier molecular flexibility index (Phi) is 4.97. The molecule has 3 amide bonds. The van der Waals surface area contributed by atoms with Gasteiger partial charge in [-0.1, -0.05) is 12.1 Å². The molecule has 2 aromatic carbocycles. The summed E-state index contributed by atoms with van der Waals surface area (Å²) in [5.74, 6) is -1.72. The molecular formula is C17H14FN3O5. The predicted molar refractivity (Wildman–Crippen MR) is 86.9 cm³/mol. The molecule has 0 spiro atoms. The van der Waals surface area contributed by atoms with Crippen molar-refractivity contribution in [2.75, 3.05) is 13.3 Å². The van der Waals surface area contributed by atoms with Crippen LogP contribution >= 0.6 is 0 Å². The highest BCUT2D eigenvalue weighted by Gasteiger charge is 2.17. The summed E-state index contributed by atoms with van der Waals surface area (Å²) >= 11 is 0. The Balaban J connectivity index is 1.47. The van der Waals surface area contributed by atoms with Gasteiger partial charge < -0.3 is 14.8 Å². The zero-order chi connectivity index (χ0) is 18.5. The first-order chi connectivity index (χ1) is 12.5. The fourth-order valence-corrected chi connectivity index (χ4v) is 2.18. The number of halogens is 1. The third-order valence-corrected chi connectivity index (χ3v) is 3.48. The summed E-state index contributed by atoms with van der Waals surface area (Å²) < 4.78 is 23.8. The molecule has 134 valence electrons. The van der Waals surface area contributed by atoms with Crippen molar-refractivity contribution in [1.82, 2.24) is 16.2 Å². The summed E-state index contributed by atoms with van der Waals surface area (Å²) in [4.78, 5) is 35.5. The maximum atomic E-state index is 13.5. The smallest absolute Gasteiger partial charge is 0.272 e. The Morgan fingerprint density at radius 2 is 1.73 bits per heavy atom.